The molecular weight excluding hydrogens is 1430 g/mol. The van der Waals surface area contributed by atoms with Crippen LogP contribution in [0.5, 0.6) is 0 Å². The fourth-order valence-electron chi connectivity index (χ4n) is 12.0. The van der Waals surface area contributed by atoms with Crippen molar-refractivity contribution in [2.24, 2.45) is 63.1 Å². The summed E-state index contributed by atoms with van der Waals surface area (Å²) in [7, 11) is 4.10. The Kier molecular flexibility index (Phi) is 29.9. The molecule has 0 aromatic carbocycles. The van der Waals surface area contributed by atoms with E-state index >= 15 is 0 Å². The summed E-state index contributed by atoms with van der Waals surface area (Å²) < 4.78 is 15.3. The van der Waals surface area contributed by atoms with Crippen LogP contribution < -0.4 is 15.1 Å². The molecule has 9 rings (SSSR count). The van der Waals surface area contributed by atoms with Crippen molar-refractivity contribution in [2.45, 2.75) is 226 Å². The van der Waals surface area contributed by atoms with Crippen molar-refractivity contribution in [3.63, 3.8) is 0 Å². The summed E-state index contributed by atoms with van der Waals surface area (Å²) in [6, 6.07) is 7.39. The zero-order valence-electron chi connectivity index (χ0n) is 63.2. The number of hydrogen-bond donors (Lipinski definition) is 2. The average Bonchev–Trinajstić information content (AvgIpc) is 1.46. The van der Waals surface area contributed by atoms with Gasteiger partial charge in [-0.25, -0.2) is 19.2 Å². The van der Waals surface area contributed by atoms with Crippen LogP contribution in [-0.4, -0.2) is 97.6 Å². The third kappa shape index (κ3) is 24.6. The van der Waals surface area contributed by atoms with Crippen molar-refractivity contribution in [2.75, 3.05) is 36.4 Å². The van der Waals surface area contributed by atoms with Crippen molar-refractivity contribution < 1.29 is 62.5 Å². The smallest absolute Gasteiger partial charge is 0.350 e. The number of ketones is 3. The average molecular weight is 1540 g/mol. The Bertz CT molecular complexity index is 3980. The van der Waals surface area contributed by atoms with E-state index in [1.54, 1.807) is 31.7 Å². The highest BCUT2D eigenvalue weighted by atomic mass is 79.9. The number of amides is 2. The first-order valence-corrected chi connectivity index (χ1v) is 39.3. The number of aromatic carboxylic acids is 1. The zero-order chi connectivity index (χ0) is 76.1. The van der Waals surface area contributed by atoms with E-state index in [4.69, 9.17) is 9.47 Å². The zero-order valence-corrected chi connectivity index (χ0v) is 68.1. The number of carboxylic acid groups (broad SMARTS) is 1. The Morgan fingerprint density at radius 3 is 1.10 bits per heavy atom. The summed E-state index contributed by atoms with van der Waals surface area (Å²) in [5, 5.41) is 13.2. The number of carboxylic acids is 1. The lowest BCUT2D eigenvalue weighted by Crippen LogP contribution is -2.52. The molecule has 5 aliphatic carbocycles. The van der Waals surface area contributed by atoms with Gasteiger partial charge in [-0.2, -0.15) is 0 Å². The summed E-state index contributed by atoms with van der Waals surface area (Å²) >= 11 is 8.40. The van der Waals surface area contributed by atoms with E-state index in [0.29, 0.717) is 68.4 Å². The second kappa shape index (κ2) is 36.2. The van der Waals surface area contributed by atoms with Crippen molar-refractivity contribution in [1.82, 2.24) is 0 Å². The van der Waals surface area contributed by atoms with Gasteiger partial charge in [0.1, 0.15) is 36.9 Å². The van der Waals surface area contributed by atoms with Gasteiger partial charge in [0.05, 0.1) is 57.9 Å². The van der Waals surface area contributed by atoms with E-state index < -0.39 is 11.9 Å². The molecule has 0 unspecified atom stereocenters. The quantitative estimate of drug-likeness (QED) is 0.0642. The number of nitrogens with zero attached hydrogens (tertiary/aromatic N) is 2. The number of thiophene rings is 4. The predicted octanol–water partition coefficient (Wildman–Crippen LogP) is 18.2. The van der Waals surface area contributed by atoms with Gasteiger partial charge in [-0.15, -0.1) is 45.3 Å². The predicted molar refractivity (Wildman–Crippen MR) is 414 cm³/mol. The van der Waals surface area contributed by atoms with E-state index in [1.165, 1.54) is 55.3 Å². The van der Waals surface area contributed by atoms with Crippen molar-refractivity contribution in [3.05, 3.63) is 67.8 Å². The van der Waals surface area contributed by atoms with Crippen molar-refractivity contribution in [3.8, 4) is 47.4 Å². The number of esters is 3. The minimum Gasteiger partial charge on any atom is -0.477 e. The number of methoxy groups -OCH3 is 3. The molecule has 5 aliphatic rings. The molecule has 0 bridgehead atoms. The summed E-state index contributed by atoms with van der Waals surface area (Å²) in [4.78, 5) is 119. The minimum absolute atomic E-state index is 0.00883. The highest BCUT2D eigenvalue weighted by Gasteiger charge is 2.45. The monoisotopic (exact) mass is 1530 g/mol. The van der Waals surface area contributed by atoms with Crippen LogP contribution in [-0.2, 0) is 38.2 Å². The number of hydrogen-bond acceptors (Lipinski definition) is 17. The number of rotatable bonds is 15. The number of Topliss-reactive ketones (excluding diaryl/α,β-unsaturated/α-hetero) is 3. The molecule has 0 atom stereocenters. The lowest BCUT2D eigenvalue weighted by molar-refractivity contribution is -0.128. The molecule has 2 N–H and O–H groups in total. The lowest BCUT2D eigenvalue weighted by atomic mass is 9.75. The first kappa shape index (κ1) is 84.1. The van der Waals surface area contributed by atoms with Crippen LogP contribution in [0.1, 0.15) is 266 Å². The van der Waals surface area contributed by atoms with Gasteiger partial charge in [-0.05, 0) is 246 Å². The molecule has 0 saturated heterocycles. The molecule has 0 aliphatic heterocycles. The van der Waals surface area contributed by atoms with Crippen molar-refractivity contribution >= 4 is 131 Å². The Morgan fingerprint density at radius 1 is 0.441 bits per heavy atom. The van der Waals surface area contributed by atoms with Crippen LogP contribution in [0.4, 0.5) is 17.1 Å². The number of ether oxygens (including phenoxy) is 3. The number of carbonyl (C=O) groups is 9. The number of nitrogens with one attached hydrogen (secondary N) is 1. The number of carbonyl (C=O) groups excluding carboxylic acids is 8. The summed E-state index contributed by atoms with van der Waals surface area (Å²) in [6.07, 6.45) is 11.6. The lowest BCUT2D eigenvalue weighted by Gasteiger charge is -2.43. The van der Waals surface area contributed by atoms with Gasteiger partial charge in [0.2, 0.25) is 11.8 Å². The van der Waals surface area contributed by atoms with Crippen LogP contribution in [0.15, 0.2) is 28.7 Å². The van der Waals surface area contributed by atoms with E-state index in [9.17, 15) is 48.3 Å². The van der Waals surface area contributed by atoms with Gasteiger partial charge in [-0.1, -0.05) is 61.2 Å². The topological polar surface area (TPSA) is 220 Å². The van der Waals surface area contributed by atoms with Crippen LogP contribution in [0.3, 0.4) is 0 Å². The molecule has 4 aromatic heterocycles. The minimum atomic E-state index is -1.04. The molecular formula is C81H104BrN3O13S4. The van der Waals surface area contributed by atoms with E-state index in [1.807, 2.05) is 106 Å². The molecule has 0 radical (unpaired) electrons. The number of halogens is 1. The normalized spacial score (nSPS) is 21.9. The summed E-state index contributed by atoms with van der Waals surface area (Å²) in [6.45, 7) is 33.7. The van der Waals surface area contributed by atoms with E-state index in [2.05, 4.69) is 87.2 Å². The second-order valence-corrected chi connectivity index (χ2v) is 37.0. The maximum atomic E-state index is 13.8. The van der Waals surface area contributed by atoms with E-state index in [-0.39, 0.29) is 115 Å². The standard InChI is InChI=1S/C26H35NO4S.C25H33NO4S.C18H23NO3S.C12H13BrO2S/c1-16-7-9-18(10-8-16)24(29)27(20-13-19(14-20)17(2)28)22-15-21(11-12-26(3,4)5)32-23(22)25(30)31-6;1-15-6-8-17(9-7-15)23(28)26(19-12-18(13-19)16(2)27)21-14-20(10-11-25(3,4)5)31-22(21)24(29)30;1-11(20)12-8-13(9-12)19-15-10-14(6-7-18(2,3)4)23-16(15)17(21)22-5;1-12(2,3)6-5-8-7-9(13)10(16-8)11(14)15-4/h15-16,18-20H,7-10,13-14H2,1-6H3;14-15,17-19H,6-9,12-13H2,1-5H3,(H,29,30);10,12-13,19H,8-9H2,1-5H3;7H,1-4H3. The molecule has 2 amide bonds. The molecule has 16 nitrogen and oxygen atoms in total. The van der Waals surface area contributed by atoms with Gasteiger partial charge >= 0.3 is 23.9 Å². The molecule has 5 fully saturated rings. The van der Waals surface area contributed by atoms with Crippen LogP contribution >= 0.6 is 61.3 Å². The third-order valence-corrected chi connectivity index (χ3v) is 23.3. The second-order valence-electron chi connectivity index (χ2n) is 31.9. The van der Waals surface area contributed by atoms with Gasteiger partial charge < -0.3 is 34.4 Å². The largest absolute Gasteiger partial charge is 0.477 e. The first-order chi connectivity index (χ1) is 47.5. The van der Waals surface area contributed by atoms with Gasteiger partial charge in [0, 0.05) is 73.8 Å². The molecule has 552 valence electrons. The van der Waals surface area contributed by atoms with Crippen LogP contribution in [0, 0.1) is 110 Å². The molecule has 4 aromatic rings. The molecule has 21 heteroatoms. The molecule has 4 heterocycles. The Balaban J connectivity index is 0.000000220. The summed E-state index contributed by atoms with van der Waals surface area (Å²) in [5.41, 5.74) is 1.29. The highest BCUT2D eigenvalue weighted by Crippen LogP contribution is 2.45. The maximum absolute atomic E-state index is 13.8. The molecule has 0 spiro atoms. The highest BCUT2D eigenvalue weighted by molar-refractivity contribution is 9.10. The van der Waals surface area contributed by atoms with Gasteiger partial charge in [0.25, 0.3) is 0 Å². The SMILES string of the molecule is CC(=O)C1CC(N(C(=O)C2CCC(C)CC2)c2cc(C#CC(C)(C)C)sc2C(=O)O)C1.COC(=O)c1sc(C#CC(C)(C)C)cc1Br.COC(=O)c1sc(C#CC(C)(C)C)cc1N(C(=O)C1CCC(C)CC1)C1CC(C(C)=O)C1.COC(=O)c1sc(C#CC(C)(C)C)cc1NC1CC(C(C)=O)C1. The van der Waals surface area contributed by atoms with E-state index in [0.717, 1.165) is 100 Å². The maximum Gasteiger partial charge on any atom is 0.350 e. The van der Waals surface area contributed by atoms with Crippen LogP contribution in [0.25, 0.3) is 0 Å². The van der Waals surface area contributed by atoms with Crippen molar-refractivity contribution in [1.29, 1.82) is 0 Å². The fourth-order valence-corrected chi connectivity index (χ4v) is 16.3. The third-order valence-electron chi connectivity index (χ3n) is 18.3. The Hall–Kier alpha value is -6.85. The van der Waals surface area contributed by atoms with Crippen LogP contribution in [0.2, 0.25) is 0 Å². The molecule has 102 heavy (non-hydrogen) atoms. The Morgan fingerprint density at radius 2 is 0.745 bits per heavy atom. The molecule has 5 saturated carbocycles. The Labute approximate surface area is 629 Å². The summed E-state index contributed by atoms with van der Waals surface area (Å²) in [5.74, 6) is 24.8. The fraction of sp³-hybridized carbons (Fsp3) is 0.593. The van der Waals surface area contributed by atoms with Gasteiger partial charge in [0.15, 0.2) is 0 Å². The first-order valence-electron chi connectivity index (χ1n) is 35.2. The number of anilines is 3. The van der Waals surface area contributed by atoms with Gasteiger partial charge in [-0.3, -0.25) is 24.0 Å².